The first-order chi connectivity index (χ1) is 8.68. The summed E-state index contributed by atoms with van der Waals surface area (Å²) >= 11 is 6.43. The lowest BCUT2D eigenvalue weighted by Crippen LogP contribution is -2.39. The van der Waals surface area contributed by atoms with Gasteiger partial charge in [-0.15, -0.1) is 0 Å². The minimum Gasteiger partial charge on any atom is -0.352 e. The van der Waals surface area contributed by atoms with Gasteiger partial charge in [-0.25, -0.2) is 4.98 Å². The second kappa shape index (κ2) is 4.39. The van der Waals surface area contributed by atoms with Crippen LogP contribution in [0.1, 0.15) is 31.9 Å². The van der Waals surface area contributed by atoms with Crippen LogP contribution < -0.4 is 4.90 Å². The molecule has 0 amide bonds. The molecule has 0 spiro atoms. The van der Waals surface area contributed by atoms with Crippen LogP contribution in [0.5, 0.6) is 0 Å². The predicted octanol–water partition coefficient (Wildman–Crippen LogP) is 2.46. The summed E-state index contributed by atoms with van der Waals surface area (Å²) in [7, 11) is 0. The van der Waals surface area contributed by atoms with Gasteiger partial charge in [-0.05, 0) is 33.1 Å². The van der Waals surface area contributed by atoms with Gasteiger partial charge in [0.2, 0.25) is 0 Å². The SMILES string of the molecule is Cc1nc2ncnn2c(N2CCCC[C@H]2C)c1Cl. The van der Waals surface area contributed by atoms with Crippen molar-refractivity contribution in [2.24, 2.45) is 0 Å². The van der Waals surface area contributed by atoms with Crippen LogP contribution in [0, 0.1) is 6.92 Å². The van der Waals surface area contributed by atoms with Gasteiger partial charge in [0.25, 0.3) is 5.78 Å². The lowest BCUT2D eigenvalue weighted by atomic mass is 10.0. The Morgan fingerprint density at radius 2 is 2.22 bits per heavy atom. The van der Waals surface area contributed by atoms with Crippen LogP contribution in [0.4, 0.5) is 5.82 Å². The fourth-order valence-corrected chi connectivity index (χ4v) is 2.81. The molecule has 1 atom stereocenters. The number of anilines is 1. The van der Waals surface area contributed by atoms with Crippen LogP contribution in [0.25, 0.3) is 5.78 Å². The minimum atomic E-state index is 0.477. The van der Waals surface area contributed by atoms with E-state index < -0.39 is 0 Å². The lowest BCUT2D eigenvalue weighted by molar-refractivity contribution is 0.477. The molecule has 1 fully saturated rings. The standard InChI is InChI=1S/C12H16ClN5/c1-8-5-3-4-6-17(8)11-10(13)9(2)16-12-14-7-15-18(11)12/h7-8H,3-6H2,1-2H3/t8-/m1/s1. The van der Waals surface area contributed by atoms with Crippen molar-refractivity contribution in [3.63, 3.8) is 0 Å². The number of aryl methyl sites for hydroxylation is 1. The van der Waals surface area contributed by atoms with Gasteiger partial charge < -0.3 is 4.90 Å². The molecule has 2 aromatic rings. The van der Waals surface area contributed by atoms with Crippen molar-refractivity contribution < 1.29 is 0 Å². The number of fused-ring (bicyclic) bond motifs is 1. The second-order valence-corrected chi connectivity index (χ2v) is 5.22. The zero-order valence-electron chi connectivity index (χ0n) is 10.6. The zero-order valence-corrected chi connectivity index (χ0v) is 11.4. The summed E-state index contributed by atoms with van der Waals surface area (Å²) < 4.78 is 1.75. The first-order valence-electron chi connectivity index (χ1n) is 6.31. The van der Waals surface area contributed by atoms with Gasteiger partial charge in [-0.2, -0.15) is 14.6 Å². The van der Waals surface area contributed by atoms with Gasteiger partial charge in [0.05, 0.1) is 5.69 Å². The third kappa shape index (κ3) is 1.73. The number of piperidine rings is 1. The van der Waals surface area contributed by atoms with Crippen molar-refractivity contribution in [2.45, 2.75) is 39.2 Å². The molecule has 0 saturated carbocycles. The normalized spacial score (nSPS) is 20.6. The first kappa shape index (κ1) is 11.7. The van der Waals surface area contributed by atoms with Gasteiger partial charge in [0, 0.05) is 12.6 Å². The maximum absolute atomic E-state index is 6.43. The zero-order chi connectivity index (χ0) is 12.7. The van der Waals surface area contributed by atoms with Crippen molar-refractivity contribution >= 4 is 23.2 Å². The van der Waals surface area contributed by atoms with Crippen LogP contribution in [0.3, 0.4) is 0 Å². The monoisotopic (exact) mass is 265 g/mol. The molecule has 0 unspecified atom stereocenters. The lowest BCUT2D eigenvalue weighted by Gasteiger charge is -2.35. The molecular formula is C12H16ClN5. The molecule has 0 N–H and O–H groups in total. The fraction of sp³-hybridized carbons (Fsp3) is 0.583. The third-order valence-electron chi connectivity index (χ3n) is 3.59. The molecule has 6 heteroatoms. The summed E-state index contributed by atoms with van der Waals surface area (Å²) in [6, 6.07) is 0.477. The highest BCUT2D eigenvalue weighted by atomic mass is 35.5. The van der Waals surface area contributed by atoms with Crippen LogP contribution in [0.2, 0.25) is 5.02 Å². The molecule has 0 aromatic carbocycles. The second-order valence-electron chi connectivity index (χ2n) is 4.84. The molecule has 18 heavy (non-hydrogen) atoms. The van der Waals surface area contributed by atoms with Crippen LogP contribution >= 0.6 is 11.6 Å². The quantitative estimate of drug-likeness (QED) is 0.795. The summed E-state index contributed by atoms with van der Waals surface area (Å²) in [5, 5.41) is 4.93. The summed E-state index contributed by atoms with van der Waals surface area (Å²) in [6.07, 6.45) is 5.18. The Balaban J connectivity index is 2.19. The molecule has 96 valence electrons. The van der Waals surface area contributed by atoms with Gasteiger partial charge in [0.1, 0.15) is 11.3 Å². The van der Waals surface area contributed by atoms with Gasteiger partial charge in [-0.1, -0.05) is 11.6 Å². The summed E-state index contributed by atoms with van der Waals surface area (Å²) in [6.45, 7) is 5.16. The number of halogens is 1. The Morgan fingerprint density at radius 1 is 1.39 bits per heavy atom. The number of hydrogen-bond donors (Lipinski definition) is 0. The molecule has 2 aromatic heterocycles. The van der Waals surface area contributed by atoms with E-state index >= 15 is 0 Å². The minimum absolute atomic E-state index is 0.477. The van der Waals surface area contributed by atoms with E-state index in [0.717, 1.165) is 18.1 Å². The van der Waals surface area contributed by atoms with E-state index in [4.69, 9.17) is 11.6 Å². The average Bonchev–Trinajstić information content (AvgIpc) is 2.80. The number of rotatable bonds is 1. The summed E-state index contributed by atoms with van der Waals surface area (Å²) in [5.74, 6) is 1.55. The summed E-state index contributed by atoms with van der Waals surface area (Å²) in [4.78, 5) is 10.8. The van der Waals surface area contributed by atoms with Crippen molar-refractivity contribution in [1.82, 2.24) is 19.6 Å². The maximum atomic E-state index is 6.43. The molecule has 0 aliphatic carbocycles. The Bertz CT molecular complexity index is 579. The Hall–Kier alpha value is -1.36. The molecule has 1 aliphatic rings. The molecule has 0 bridgehead atoms. The van der Waals surface area contributed by atoms with E-state index in [1.165, 1.54) is 25.6 Å². The molecule has 1 saturated heterocycles. The highest BCUT2D eigenvalue weighted by Gasteiger charge is 2.25. The van der Waals surface area contributed by atoms with E-state index in [2.05, 4.69) is 26.9 Å². The molecule has 3 rings (SSSR count). The molecule has 0 radical (unpaired) electrons. The Kier molecular flexibility index (Phi) is 2.86. The topological polar surface area (TPSA) is 46.3 Å². The number of hydrogen-bond acceptors (Lipinski definition) is 4. The Morgan fingerprint density at radius 3 is 3.00 bits per heavy atom. The molecule has 3 heterocycles. The van der Waals surface area contributed by atoms with E-state index in [9.17, 15) is 0 Å². The molecular weight excluding hydrogens is 250 g/mol. The van der Waals surface area contributed by atoms with Crippen LogP contribution in [0.15, 0.2) is 6.33 Å². The highest BCUT2D eigenvalue weighted by Crippen LogP contribution is 2.32. The van der Waals surface area contributed by atoms with Gasteiger partial charge in [-0.3, -0.25) is 0 Å². The fourth-order valence-electron chi connectivity index (χ4n) is 2.58. The van der Waals surface area contributed by atoms with Gasteiger partial charge >= 0.3 is 0 Å². The number of aromatic nitrogens is 4. The van der Waals surface area contributed by atoms with Gasteiger partial charge in [0.15, 0.2) is 5.82 Å². The van der Waals surface area contributed by atoms with Crippen molar-refractivity contribution in [1.29, 1.82) is 0 Å². The maximum Gasteiger partial charge on any atom is 0.254 e. The van der Waals surface area contributed by atoms with E-state index in [-0.39, 0.29) is 0 Å². The van der Waals surface area contributed by atoms with Crippen LogP contribution in [-0.2, 0) is 0 Å². The molecule has 5 nitrogen and oxygen atoms in total. The summed E-state index contributed by atoms with van der Waals surface area (Å²) in [5.41, 5.74) is 0.810. The third-order valence-corrected chi connectivity index (χ3v) is 4.03. The van der Waals surface area contributed by atoms with Crippen molar-refractivity contribution in [3.05, 3.63) is 17.0 Å². The largest absolute Gasteiger partial charge is 0.352 e. The van der Waals surface area contributed by atoms with E-state index in [1.54, 1.807) is 4.52 Å². The highest BCUT2D eigenvalue weighted by molar-refractivity contribution is 6.33. The van der Waals surface area contributed by atoms with E-state index in [1.807, 2.05) is 6.92 Å². The van der Waals surface area contributed by atoms with Crippen molar-refractivity contribution in [3.8, 4) is 0 Å². The first-order valence-corrected chi connectivity index (χ1v) is 6.69. The predicted molar refractivity (Wildman–Crippen MR) is 71.2 cm³/mol. The van der Waals surface area contributed by atoms with E-state index in [0.29, 0.717) is 16.8 Å². The number of nitrogens with zero attached hydrogens (tertiary/aromatic N) is 5. The Labute approximate surface area is 111 Å². The average molecular weight is 266 g/mol. The smallest absolute Gasteiger partial charge is 0.254 e. The molecule has 1 aliphatic heterocycles. The van der Waals surface area contributed by atoms with Crippen LogP contribution in [-0.4, -0.2) is 32.2 Å². The van der Waals surface area contributed by atoms with Crippen molar-refractivity contribution in [2.75, 3.05) is 11.4 Å².